The average Bonchev–Trinajstić information content (AvgIpc) is 3.11. The first kappa shape index (κ1) is 17.2. The lowest BCUT2D eigenvalue weighted by Gasteiger charge is -2.26. The number of nitrogens with zero attached hydrogens (tertiary/aromatic N) is 1. The number of hydrogen-bond acceptors (Lipinski definition) is 4. The van der Waals surface area contributed by atoms with Crippen LogP contribution in [-0.4, -0.2) is 19.7 Å². The quantitative estimate of drug-likeness (QED) is 0.758. The molecular weight excluding hydrogens is 336 g/mol. The Hall–Kier alpha value is -3.27. The minimum atomic E-state index is -0.657. The maximum absolute atomic E-state index is 5.91. The van der Waals surface area contributed by atoms with Gasteiger partial charge in [0.2, 0.25) is 0 Å². The summed E-state index contributed by atoms with van der Waals surface area (Å²) in [7, 11) is 1.66. The lowest BCUT2D eigenvalue weighted by atomic mass is 9.83. The van der Waals surface area contributed by atoms with E-state index in [0.717, 1.165) is 22.4 Å². The van der Waals surface area contributed by atoms with Crippen LogP contribution in [-0.2, 0) is 10.3 Å². The van der Waals surface area contributed by atoms with Crippen molar-refractivity contribution in [1.29, 1.82) is 0 Å². The second kappa shape index (κ2) is 6.80. The predicted octanol–water partition coefficient (Wildman–Crippen LogP) is 4.26. The Kier molecular flexibility index (Phi) is 4.32. The van der Waals surface area contributed by atoms with Gasteiger partial charge in [-0.05, 0) is 47.4 Å². The maximum atomic E-state index is 5.91. The summed E-state index contributed by atoms with van der Waals surface area (Å²) >= 11 is 0. The van der Waals surface area contributed by atoms with Crippen LogP contribution < -0.4 is 10.5 Å². The highest BCUT2D eigenvalue weighted by Crippen LogP contribution is 2.39. The average molecular weight is 358 g/mol. The number of aryl methyl sites for hydroxylation is 1. The van der Waals surface area contributed by atoms with E-state index >= 15 is 0 Å². The summed E-state index contributed by atoms with van der Waals surface area (Å²) in [5.74, 6) is 0.804. The van der Waals surface area contributed by atoms with Crippen LogP contribution >= 0.6 is 0 Å². The summed E-state index contributed by atoms with van der Waals surface area (Å²) < 4.78 is 10.9. The van der Waals surface area contributed by atoms with E-state index in [9.17, 15) is 0 Å². The van der Waals surface area contributed by atoms with Gasteiger partial charge in [-0.2, -0.15) is 0 Å². The van der Waals surface area contributed by atoms with Crippen LogP contribution in [0.1, 0.15) is 16.7 Å². The number of ether oxygens (including phenoxy) is 2. The Labute approximate surface area is 159 Å². The molecule has 1 atom stereocenters. The molecule has 4 nitrogen and oxygen atoms in total. The molecule has 2 N–H and O–H groups in total. The molecule has 0 bridgehead atoms. The van der Waals surface area contributed by atoms with E-state index in [1.807, 2.05) is 24.3 Å². The molecule has 27 heavy (non-hydrogen) atoms. The minimum Gasteiger partial charge on any atom is -0.497 e. The predicted molar refractivity (Wildman–Crippen MR) is 108 cm³/mol. The molecule has 0 aliphatic carbocycles. The van der Waals surface area contributed by atoms with E-state index in [0.29, 0.717) is 6.61 Å². The molecule has 0 radical (unpaired) electrons. The molecule has 4 heteroatoms. The molecule has 0 saturated carbocycles. The highest BCUT2D eigenvalue weighted by molar-refractivity contribution is 5.76. The molecule has 136 valence electrons. The molecule has 0 amide bonds. The monoisotopic (exact) mass is 358 g/mol. The van der Waals surface area contributed by atoms with Gasteiger partial charge in [-0.1, -0.05) is 60.2 Å². The van der Waals surface area contributed by atoms with Crippen LogP contribution in [0.15, 0.2) is 77.8 Å². The fraction of sp³-hybridized carbons (Fsp3) is 0.174. The second-order valence-electron chi connectivity index (χ2n) is 6.78. The van der Waals surface area contributed by atoms with Crippen LogP contribution in [0, 0.1) is 6.92 Å². The molecule has 0 spiro atoms. The maximum Gasteiger partial charge on any atom is 0.283 e. The molecule has 0 fully saturated rings. The largest absolute Gasteiger partial charge is 0.497 e. The Balaban J connectivity index is 1.83. The number of nitrogens with two attached hydrogens (primary N) is 1. The van der Waals surface area contributed by atoms with Crippen molar-refractivity contribution in [1.82, 2.24) is 0 Å². The van der Waals surface area contributed by atoms with Crippen LogP contribution in [0.25, 0.3) is 11.1 Å². The van der Waals surface area contributed by atoms with Gasteiger partial charge in [-0.3, -0.25) is 0 Å². The molecule has 1 aliphatic rings. The SMILES string of the molecule is COc1ccc(C2(c3cccc(-c4cccc(C)c4)c3)COC(N)=N2)cc1. The summed E-state index contributed by atoms with van der Waals surface area (Å²) in [6, 6.07) is 25.0. The van der Waals surface area contributed by atoms with Crippen LogP contribution in [0.5, 0.6) is 5.75 Å². The van der Waals surface area contributed by atoms with Gasteiger partial charge in [0.1, 0.15) is 12.4 Å². The first-order valence-electron chi connectivity index (χ1n) is 8.91. The molecule has 4 rings (SSSR count). The van der Waals surface area contributed by atoms with E-state index in [2.05, 4.69) is 55.5 Å². The first-order valence-corrected chi connectivity index (χ1v) is 8.91. The normalized spacial score (nSPS) is 18.7. The Bertz CT molecular complexity index is 995. The van der Waals surface area contributed by atoms with Crippen molar-refractivity contribution in [3.8, 4) is 16.9 Å². The summed E-state index contributed by atoms with van der Waals surface area (Å²) in [6.45, 7) is 2.48. The fourth-order valence-corrected chi connectivity index (χ4v) is 3.54. The Morgan fingerprint density at radius 1 is 0.926 bits per heavy atom. The van der Waals surface area contributed by atoms with Crippen molar-refractivity contribution in [2.24, 2.45) is 10.7 Å². The third kappa shape index (κ3) is 3.14. The van der Waals surface area contributed by atoms with Gasteiger partial charge in [-0.15, -0.1) is 0 Å². The number of rotatable bonds is 4. The summed E-state index contributed by atoms with van der Waals surface area (Å²) in [4.78, 5) is 4.70. The zero-order valence-corrected chi connectivity index (χ0v) is 15.5. The number of aliphatic imine (C=N–C) groups is 1. The van der Waals surface area contributed by atoms with Crippen LogP contribution in [0.4, 0.5) is 0 Å². The summed E-state index contributed by atoms with van der Waals surface area (Å²) in [5, 5.41) is 0. The highest BCUT2D eigenvalue weighted by Gasteiger charge is 2.40. The standard InChI is InChI=1S/C23H22N2O2/c1-16-5-3-6-17(13-16)18-7-4-8-20(14-18)23(15-27-22(24)25-23)19-9-11-21(26-2)12-10-19/h3-14H,15H2,1-2H3,(H2,24,25). The molecule has 0 aromatic heterocycles. The fourth-order valence-electron chi connectivity index (χ4n) is 3.54. The molecule has 1 heterocycles. The van der Waals surface area contributed by atoms with Crippen molar-refractivity contribution in [3.63, 3.8) is 0 Å². The zero-order chi connectivity index (χ0) is 18.9. The van der Waals surface area contributed by atoms with Crippen molar-refractivity contribution >= 4 is 6.02 Å². The Morgan fingerprint density at radius 2 is 1.63 bits per heavy atom. The van der Waals surface area contributed by atoms with Crippen molar-refractivity contribution in [3.05, 3.63) is 89.5 Å². The molecule has 3 aromatic rings. The third-order valence-electron chi connectivity index (χ3n) is 4.99. The Morgan fingerprint density at radius 3 is 2.26 bits per heavy atom. The van der Waals surface area contributed by atoms with Gasteiger partial charge in [0, 0.05) is 0 Å². The first-order chi connectivity index (χ1) is 13.1. The second-order valence-corrected chi connectivity index (χ2v) is 6.78. The van der Waals surface area contributed by atoms with Gasteiger partial charge >= 0.3 is 0 Å². The van der Waals surface area contributed by atoms with E-state index in [4.69, 9.17) is 20.2 Å². The molecular formula is C23H22N2O2. The topological polar surface area (TPSA) is 56.8 Å². The lowest BCUT2D eigenvalue weighted by Crippen LogP contribution is -2.27. The van der Waals surface area contributed by atoms with Crippen molar-refractivity contribution in [2.45, 2.75) is 12.5 Å². The summed E-state index contributed by atoms with van der Waals surface area (Å²) in [6.07, 6.45) is 0. The van der Waals surface area contributed by atoms with E-state index in [1.165, 1.54) is 11.1 Å². The minimum absolute atomic E-state index is 0.215. The number of benzene rings is 3. The number of hydrogen-bond donors (Lipinski definition) is 1. The van der Waals surface area contributed by atoms with Crippen molar-refractivity contribution in [2.75, 3.05) is 13.7 Å². The number of methoxy groups -OCH3 is 1. The lowest BCUT2D eigenvalue weighted by molar-refractivity contribution is 0.278. The van der Waals surface area contributed by atoms with Crippen LogP contribution in [0.3, 0.4) is 0 Å². The smallest absolute Gasteiger partial charge is 0.283 e. The molecule has 1 unspecified atom stereocenters. The van der Waals surface area contributed by atoms with Crippen molar-refractivity contribution < 1.29 is 9.47 Å². The molecule has 1 aliphatic heterocycles. The molecule has 0 saturated heterocycles. The summed E-state index contributed by atoms with van der Waals surface area (Å²) in [5.41, 5.74) is 10.9. The van der Waals surface area contributed by atoms with E-state index in [-0.39, 0.29) is 6.02 Å². The third-order valence-corrected chi connectivity index (χ3v) is 4.99. The van der Waals surface area contributed by atoms with Gasteiger partial charge < -0.3 is 15.2 Å². The van der Waals surface area contributed by atoms with Gasteiger partial charge in [-0.25, -0.2) is 4.99 Å². The zero-order valence-electron chi connectivity index (χ0n) is 15.5. The van der Waals surface area contributed by atoms with E-state index < -0.39 is 5.54 Å². The molecule has 3 aromatic carbocycles. The van der Waals surface area contributed by atoms with E-state index in [1.54, 1.807) is 7.11 Å². The van der Waals surface area contributed by atoms with Gasteiger partial charge in [0.25, 0.3) is 6.02 Å². The highest BCUT2D eigenvalue weighted by atomic mass is 16.5. The van der Waals surface area contributed by atoms with Gasteiger partial charge in [0.15, 0.2) is 5.54 Å². The van der Waals surface area contributed by atoms with Gasteiger partial charge in [0.05, 0.1) is 7.11 Å². The number of amidine groups is 1. The van der Waals surface area contributed by atoms with Crippen LogP contribution in [0.2, 0.25) is 0 Å².